The zero-order chi connectivity index (χ0) is 18.0. The van der Waals surface area contributed by atoms with Gasteiger partial charge in [0.1, 0.15) is 0 Å². The molecular weight excluding hydrogens is 356 g/mol. The fourth-order valence-corrected chi connectivity index (χ4v) is 3.32. The number of piperidine rings is 2. The van der Waals surface area contributed by atoms with E-state index in [2.05, 4.69) is 4.98 Å². The predicted molar refractivity (Wildman–Crippen MR) is 85.8 cm³/mol. The van der Waals surface area contributed by atoms with Gasteiger partial charge in [-0.05, 0) is 18.9 Å². The second kappa shape index (κ2) is 7.11. The fraction of sp³-hybridized carbons (Fsp3) is 0.562. The van der Waals surface area contributed by atoms with Crippen LogP contribution in [0.25, 0.3) is 0 Å². The molecule has 2 fully saturated rings. The molecule has 1 aromatic heterocycles. The number of pyridine rings is 1. The van der Waals surface area contributed by atoms with E-state index in [0.717, 1.165) is 17.7 Å². The van der Waals surface area contributed by atoms with Crippen molar-refractivity contribution in [3.8, 4) is 5.88 Å². The van der Waals surface area contributed by atoms with Crippen molar-refractivity contribution >= 4 is 23.6 Å². The fourth-order valence-electron chi connectivity index (χ4n) is 3.21. The van der Waals surface area contributed by atoms with E-state index in [9.17, 15) is 18.4 Å². The third-order valence-corrected chi connectivity index (χ3v) is 4.56. The first-order chi connectivity index (χ1) is 11.8. The van der Waals surface area contributed by atoms with Crippen molar-refractivity contribution < 1.29 is 23.1 Å². The maximum absolute atomic E-state index is 14.1. The highest BCUT2D eigenvalue weighted by Gasteiger charge is 2.45. The Morgan fingerprint density at radius 3 is 2.84 bits per heavy atom. The number of amides is 2. The highest BCUT2D eigenvalue weighted by Crippen LogP contribution is 2.31. The summed E-state index contributed by atoms with van der Waals surface area (Å²) in [5, 5.41) is 0.368. The van der Waals surface area contributed by atoms with Gasteiger partial charge in [-0.2, -0.15) is 0 Å². The van der Waals surface area contributed by atoms with Crippen LogP contribution in [0.5, 0.6) is 5.88 Å². The van der Waals surface area contributed by atoms with E-state index in [1.54, 1.807) is 0 Å². The first-order valence-electron chi connectivity index (χ1n) is 8.10. The highest BCUT2D eigenvalue weighted by molar-refractivity contribution is 6.30. The first-order valence-corrected chi connectivity index (χ1v) is 8.47. The largest absolute Gasteiger partial charge is 0.416 e. The van der Waals surface area contributed by atoms with Gasteiger partial charge in [-0.15, -0.1) is 0 Å². The molecule has 25 heavy (non-hydrogen) atoms. The number of hydrogen-bond acceptors (Lipinski definition) is 4. The maximum Gasteiger partial charge on any atom is 0.416 e. The van der Waals surface area contributed by atoms with Crippen molar-refractivity contribution in [1.82, 2.24) is 14.8 Å². The molecule has 0 N–H and O–H groups in total. The molecule has 3 rings (SSSR count). The van der Waals surface area contributed by atoms with Crippen LogP contribution in [0.4, 0.5) is 13.6 Å². The Hall–Kier alpha value is -1.96. The van der Waals surface area contributed by atoms with Crippen LogP contribution in [-0.4, -0.2) is 58.4 Å². The van der Waals surface area contributed by atoms with Crippen molar-refractivity contribution in [2.45, 2.75) is 37.6 Å². The third kappa shape index (κ3) is 4.36. The lowest BCUT2D eigenvalue weighted by molar-refractivity contribution is -0.142. The van der Waals surface area contributed by atoms with E-state index in [0.29, 0.717) is 18.0 Å². The molecule has 2 amide bonds. The van der Waals surface area contributed by atoms with Crippen LogP contribution in [0, 0.1) is 0 Å². The number of ether oxygens (including phenoxy) is 1. The van der Waals surface area contributed by atoms with E-state index in [4.69, 9.17) is 16.3 Å². The van der Waals surface area contributed by atoms with Crippen molar-refractivity contribution in [2.24, 2.45) is 0 Å². The van der Waals surface area contributed by atoms with Gasteiger partial charge in [0.2, 0.25) is 11.8 Å². The Morgan fingerprint density at radius 2 is 2.16 bits per heavy atom. The molecule has 0 aliphatic carbocycles. The smallest absolute Gasteiger partial charge is 0.391 e. The summed E-state index contributed by atoms with van der Waals surface area (Å²) in [6, 6.07) is 2.16. The maximum atomic E-state index is 14.1. The summed E-state index contributed by atoms with van der Waals surface area (Å²) in [7, 11) is 0. The van der Waals surface area contributed by atoms with Crippen LogP contribution in [-0.2, 0) is 4.79 Å². The molecule has 136 valence electrons. The van der Waals surface area contributed by atoms with E-state index < -0.39 is 31.0 Å². The normalized spacial score (nSPS) is 23.5. The number of carbonyl (C=O) groups excluding carboxylic acids is 2. The summed E-state index contributed by atoms with van der Waals surface area (Å²) in [5.74, 6) is -3.23. The molecule has 0 unspecified atom stereocenters. The zero-order valence-electron chi connectivity index (χ0n) is 13.5. The number of alkyl halides is 2. The molecule has 9 heteroatoms. The lowest BCUT2D eigenvalue weighted by Gasteiger charge is -2.43. The van der Waals surface area contributed by atoms with Gasteiger partial charge in [-0.3, -0.25) is 9.69 Å². The minimum atomic E-state index is -3.08. The quantitative estimate of drug-likeness (QED) is 0.799. The lowest BCUT2D eigenvalue weighted by Crippen LogP contribution is -2.59. The molecule has 0 spiro atoms. The van der Waals surface area contributed by atoms with Crippen LogP contribution >= 0.6 is 11.6 Å². The Labute approximate surface area is 148 Å². The first kappa shape index (κ1) is 17.8. The summed E-state index contributed by atoms with van der Waals surface area (Å²) < 4.78 is 33.3. The van der Waals surface area contributed by atoms with Crippen LogP contribution in [0.1, 0.15) is 25.7 Å². The van der Waals surface area contributed by atoms with Crippen molar-refractivity contribution in [3.63, 3.8) is 0 Å². The monoisotopic (exact) mass is 373 g/mol. The van der Waals surface area contributed by atoms with E-state index in [1.165, 1.54) is 23.2 Å². The molecule has 0 bridgehead atoms. The predicted octanol–water partition coefficient (Wildman–Crippen LogP) is 2.96. The van der Waals surface area contributed by atoms with Crippen LogP contribution < -0.4 is 4.74 Å². The number of aromatic nitrogens is 1. The van der Waals surface area contributed by atoms with Gasteiger partial charge in [0.05, 0.1) is 17.6 Å². The van der Waals surface area contributed by atoms with Gasteiger partial charge >= 0.3 is 6.09 Å². The average molecular weight is 374 g/mol. The van der Waals surface area contributed by atoms with Gasteiger partial charge in [0.25, 0.3) is 5.92 Å². The van der Waals surface area contributed by atoms with E-state index in [-0.39, 0.29) is 18.3 Å². The summed E-state index contributed by atoms with van der Waals surface area (Å²) in [5.41, 5.74) is 0. The molecule has 0 radical (unpaired) electrons. The zero-order valence-corrected chi connectivity index (χ0v) is 14.2. The van der Waals surface area contributed by atoms with Gasteiger partial charge in [-0.1, -0.05) is 11.6 Å². The molecule has 2 aliphatic rings. The number of hydrogen-bond donors (Lipinski definition) is 0. The molecule has 0 aromatic carbocycles. The lowest BCUT2D eigenvalue weighted by atomic mass is 9.98. The summed E-state index contributed by atoms with van der Waals surface area (Å²) in [6.45, 7) is -0.271. The third-order valence-electron chi connectivity index (χ3n) is 4.34. The molecule has 1 atom stereocenters. The Morgan fingerprint density at radius 1 is 1.36 bits per heavy atom. The number of likely N-dealkylation sites (tertiary alicyclic amines) is 2. The number of halogens is 3. The Balaban J connectivity index is 1.70. The van der Waals surface area contributed by atoms with Gasteiger partial charge < -0.3 is 9.64 Å². The molecule has 2 saturated heterocycles. The molecular formula is C16H18ClF2N3O3. The summed E-state index contributed by atoms with van der Waals surface area (Å²) in [6.07, 6.45) is 1.86. The Kier molecular flexibility index (Phi) is 5.08. The summed E-state index contributed by atoms with van der Waals surface area (Å²) >= 11 is 5.70. The molecule has 1 aromatic rings. The van der Waals surface area contributed by atoms with Crippen LogP contribution in [0.3, 0.4) is 0 Å². The molecule has 6 nitrogen and oxygen atoms in total. The number of rotatable bonds is 2. The Bertz CT molecular complexity index is 657. The molecule has 0 saturated carbocycles. The van der Waals surface area contributed by atoms with Crippen molar-refractivity contribution in [3.05, 3.63) is 23.4 Å². The average Bonchev–Trinajstić information content (AvgIpc) is 2.56. The highest BCUT2D eigenvalue weighted by atomic mass is 35.5. The van der Waals surface area contributed by atoms with Gasteiger partial charge in [0, 0.05) is 38.2 Å². The van der Waals surface area contributed by atoms with E-state index in [1.807, 2.05) is 0 Å². The van der Waals surface area contributed by atoms with Crippen molar-refractivity contribution in [1.29, 1.82) is 0 Å². The molecule has 3 heterocycles. The SMILES string of the molecule is O=C(Oc1ccc(Cl)cn1)N1C[C@H](N2CCCCC2=O)CC(F)(F)C1. The molecule has 2 aliphatic heterocycles. The number of carbonyl (C=O) groups is 2. The minimum Gasteiger partial charge on any atom is -0.391 e. The minimum absolute atomic E-state index is 0.0195. The van der Waals surface area contributed by atoms with Crippen LogP contribution in [0.2, 0.25) is 5.02 Å². The van der Waals surface area contributed by atoms with Gasteiger partial charge in [-0.25, -0.2) is 18.6 Å². The van der Waals surface area contributed by atoms with E-state index >= 15 is 0 Å². The van der Waals surface area contributed by atoms with Crippen molar-refractivity contribution in [2.75, 3.05) is 19.6 Å². The standard InChI is InChI=1S/C16H18ClF2N3O3/c17-11-4-5-13(20-8-11)25-15(24)21-9-12(7-16(18,19)10-21)22-6-2-1-3-14(22)23/h4-5,8,12H,1-3,6-7,9-10H2/t12-/m1/s1. The second-order valence-corrected chi connectivity index (χ2v) is 6.76. The van der Waals surface area contributed by atoms with Crippen LogP contribution in [0.15, 0.2) is 18.3 Å². The summed E-state index contributed by atoms with van der Waals surface area (Å²) in [4.78, 5) is 30.5. The number of nitrogens with zero attached hydrogens (tertiary/aromatic N) is 3. The topological polar surface area (TPSA) is 62.7 Å². The van der Waals surface area contributed by atoms with Gasteiger partial charge in [0.15, 0.2) is 0 Å². The second-order valence-electron chi connectivity index (χ2n) is 6.32.